The molecule has 1 N–H and O–H groups in total. The van der Waals surface area contributed by atoms with Crippen LogP contribution in [0.15, 0.2) is 16.9 Å². The molecule has 0 saturated heterocycles. The normalized spacial score (nSPS) is 10.9. The second kappa shape index (κ2) is 11.6. The van der Waals surface area contributed by atoms with Gasteiger partial charge in [0.15, 0.2) is 0 Å². The number of methoxy groups -OCH3 is 1. The topological polar surface area (TPSA) is 99.0 Å². The van der Waals surface area contributed by atoms with Crippen molar-refractivity contribution in [1.29, 1.82) is 0 Å². The number of carbonyl (C=O) groups excluding carboxylic acids is 1. The zero-order chi connectivity index (χ0) is 19.5. The number of anilines is 1. The minimum atomic E-state index is -0.413. The number of unbranched alkanes of at least 4 members (excludes halogenated alkanes) is 5. The zero-order valence-electron chi connectivity index (χ0n) is 15.9. The quantitative estimate of drug-likeness (QED) is 0.557. The van der Waals surface area contributed by atoms with E-state index < -0.39 is 5.91 Å². The Morgan fingerprint density at radius 2 is 1.96 bits per heavy atom. The first-order chi connectivity index (χ1) is 13.1. The highest BCUT2D eigenvalue weighted by Gasteiger charge is 2.13. The standard InChI is InChI=1S/C18H27N5O3S/c1-3-4-5-6-7-8-9-15-20-21-18(27-15)19-17(25)14-10-11-16(24)23(22-14)12-13-26-2/h10-11H,3-9,12-13H2,1-2H3,(H,19,21,25). The largest absolute Gasteiger partial charge is 0.383 e. The molecule has 2 rings (SSSR count). The lowest BCUT2D eigenvalue weighted by atomic mass is 10.1. The summed E-state index contributed by atoms with van der Waals surface area (Å²) < 4.78 is 6.15. The molecule has 0 aromatic carbocycles. The number of nitrogens with zero attached hydrogens (tertiary/aromatic N) is 4. The van der Waals surface area contributed by atoms with Crippen molar-refractivity contribution in [2.24, 2.45) is 0 Å². The molecule has 0 spiro atoms. The summed E-state index contributed by atoms with van der Waals surface area (Å²) in [4.78, 5) is 24.1. The van der Waals surface area contributed by atoms with Gasteiger partial charge in [-0.15, -0.1) is 10.2 Å². The van der Waals surface area contributed by atoms with Gasteiger partial charge in [-0.1, -0.05) is 50.4 Å². The van der Waals surface area contributed by atoms with E-state index in [-0.39, 0.29) is 17.8 Å². The molecule has 0 fully saturated rings. The summed E-state index contributed by atoms with van der Waals surface area (Å²) in [7, 11) is 1.54. The lowest BCUT2D eigenvalue weighted by Gasteiger charge is -2.05. The molecule has 0 radical (unpaired) electrons. The lowest BCUT2D eigenvalue weighted by Crippen LogP contribution is -2.27. The van der Waals surface area contributed by atoms with Crippen molar-refractivity contribution in [1.82, 2.24) is 20.0 Å². The molecule has 2 aromatic heterocycles. The van der Waals surface area contributed by atoms with Crippen LogP contribution in [0, 0.1) is 0 Å². The van der Waals surface area contributed by atoms with E-state index in [4.69, 9.17) is 4.74 Å². The molecule has 8 nitrogen and oxygen atoms in total. The molecule has 2 heterocycles. The van der Waals surface area contributed by atoms with E-state index in [2.05, 4.69) is 27.5 Å². The summed E-state index contributed by atoms with van der Waals surface area (Å²) in [6.45, 7) is 2.84. The fourth-order valence-corrected chi connectivity index (χ4v) is 3.31. The first-order valence-electron chi connectivity index (χ1n) is 9.35. The summed E-state index contributed by atoms with van der Waals surface area (Å²) in [5.74, 6) is -0.413. The molecule has 0 aliphatic rings. The second-order valence-corrected chi connectivity index (χ2v) is 7.31. The Hall–Kier alpha value is -2.13. The number of hydrogen-bond donors (Lipinski definition) is 1. The number of carbonyl (C=O) groups is 1. The maximum Gasteiger partial charge on any atom is 0.277 e. The molecule has 0 unspecified atom stereocenters. The third-order valence-corrected chi connectivity index (χ3v) is 4.94. The smallest absolute Gasteiger partial charge is 0.277 e. The maximum absolute atomic E-state index is 12.3. The molecule has 1 amide bonds. The maximum atomic E-state index is 12.3. The molecule has 0 saturated carbocycles. The highest BCUT2D eigenvalue weighted by atomic mass is 32.1. The Balaban J connectivity index is 1.85. The fraction of sp³-hybridized carbons (Fsp3) is 0.611. The van der Waals surface area contributed by atoms with Crippen molar-refractivity contribution in [2.45, 2.75) is 58.4 Å². The summed E-state index contributed by atoms with van der Waals surface area (Å²) >= 11 is 1.37. The van der Waals surface area contributed by atoms with Gasteiger partial charge in [-0.3, -0.25) is 14.9 Å². The van der Waals surface area contributed by atoms with E-state index in [0.717, 1.165) is 17.8 Å². The summed E-state index contributed by atoms with van der Waals surface area (Å²) in [6.07, 6.45) is 8.22. The van der Waals surface area contributed by atoms with Crippen molar-refractivity contribution in [3.63, 3.8) is 0 Å². The summed E-state index contributed by atoms with van der Waals surface area (Å²) in [5.41, 5.74) is -0.126. The monoisotopic (exact) mass is 393 g/mol. The van der Waals surface area contributed by atoms with Crippen LogP contribution >= 0.6 is 11.3 Å². The van der Waals surface area contributed by atoms with Crippen LogP contribution in [-0.2, 0) is 17.7 Å². The van der Waals surface area contributed by atoms with Gasteiger partial charge in [-0.05, 0) is 12.5 Å². The van der Waals surface area contributed by atoms with Crippen molar-refractivity contribution < 1.29 is 9.53 Å². The average molecular weight is 394 g/mol. The average Bonchev–Trinajstić information content (AvgIpc) is 3.11. The minimum Gasteiger partial charge on any atom is -0.383 e. The summed E-state index contributed by atoms with van der Waals surface area (Å²) in [5, 5.41) is 16.3. The van der Waals surface area contributed by atoms with Gasteiger partial charge < -0.3 is 4.74 Å². The predicted molar refractivity (Wildman–Crippen MR) is 105 cm³/mol. The van der Waals surface area contributed by atoms with Crippen LogP contribution in [0.2, 0.25) is 0 Å². The number of nitrogens with one attached hydrogen (secondary N) is 1. The Labute approximate surface area is 163 Å². The van der Waals surface area contributed by atoms with Crippen molar-refractivity contribution in [2.75, 3.05) is 19.0 Å². The van der Waals surface area contributed by atoms with Crippen molar-refractivity contribution in [3.8, 4) is 0 Å². The summed E-state index contributed by atoms with van der Waals surface area (Å²) in [6, 6.07) is 2.72. The molecule has 0 aliphatic heterocycles. The van der Waals surface area contributed by atoms with Gasteiger partial charge in [-0.2, -0.15) is 5.10 Å². The van der Waals surface area contributed by atoms with E-state index in [9.17, 15) is 9.59 Å². The van der Waals surface area contributed by atoms with Gasteiger partial charge in [-0.25, -0.2) is 4.68 Å². The minimum absolute atomic E-state index is 0.151. The Bertz CT molecular complexity index is 774. The number of ether oxygens (including phenoxy) is 1. The van der Waals surface area contributed by atoms with Gasteiger partial charge in [0.2, 0.25) is 5.13 Å². The van der Waals surface area contributed by atoms with E-state index >= 15 is 0 Å². The fourth-order valence-electron chi connectivity index (χ4n) is 2.53. The van der Waals surface area contributed by atoms with E-state index in [1.165, 1.54) is 60.3 Å². The first kappa shape index (κ1) is 21.2. The number of hydrogen-bond acceptors (Lipinski definition) is 7. The molecule has 27 heavy (non-hydrogen) atoms. The number of aromatic nitrogens is 4. The van der Waals surface area contributed by atoms with E-state index in [0.29, 0.717) is 11.7 Å². The highest BCUT2D eigenvalue weighted by Crippen LogP contribution is 2.18. The predicted octanol–water partition coefficient (Wildman–Crippen LogP) is 2.90. The van der Waals surface area contributed by atoms with E-state index in [1.807, 2.05) is 0 Å². The second-order valence-electron chi connectivity index (χ2n) is 6.25. The van der Waals surface area contributed by atoms with Crippen LogP contribution in [0.25, 0.3) is 0 Å². The van der Waals surface area contributed by atoms with Crippen LogP contribution in [0.5, 0.6) is 0 Å². The molecule has 0 bridgehead atoms. The van der Waals surface area contributed by atoms with Gasteiger partial charge in [0, 0.05) is 19.6 Å². The Morgan fingerprint density at radius 1 is 1.19 bits per heavy atom. The molecular formula is C18H27N5O3S. The first-order valence-corrected chi connectivity index (χ1v) is 10.2. The molecule has 148 valence electrons. The number of rotatable bonds is 12. The van der Waals surface area contributed by atoms with Crippen LogP contribution in [0.1, 0.15) is 60.9 Å². The molecule has 2 aromatic rings. The van der Waals surface area contributed by atoms with Crippen molar-refractivity contribution >= 4 is 22.4 Å². The van der Waals surface area contributed by atoms with Gasteiger partial charge >= 0.3 is 0 Å². The molecular weight excluding hydrogens is 366 g/mol. The van der Waals surface area contributed by atoms with Gasteiger partial charge in [0.05, 0.1) is 13.2 Å². The Kier molecular flexibility index (Phi) is 9.06. The van der Waals surface area contributed by atoms with E-state index in [1.54, 1.807) is 7.11 Å². The Morgan fingerprint density at radius 3 is 2.74 bits per heavy atom. The lowest BCUT2D eigenvalue weighted by molar-refractivity contribution is 0.101. The third kappa shape index (κ3) is 7.18. The van der Waals surface area contributed by atoms with Crippen LogP contribution in [-0.4, -0.2) is 39.6 Å². The number of aryl methyl sites for hydroxylation is 1. The highest BCUT2D eigenvalue weighted by molar-refractivity contribution is 7.15. The van der Waals surface area contributed by atoms with Crippen LogP contribution < -0.4 is 10.9 Å². The number of amides is 1. The molecule has 0 aliphatic carbocycles. The SMILES string of the molecule is CCCCCCCCc1nnc(NC(=O)c2ccc(=O)n(CCOC)n2)s1. The van der Waals surface area contributed by atoms with Crippen molar-refractivity contribution in [3.05, 3.63) is 33.2 Å². The van der Waals surface area contributed by atoms with Crippen LogP contribution in [0.3, 0.4) is 0 Å². The molecule has 0 atom stereocenters. The van der Waals surface area contributed by atoms with Gasteiger partial charge in [0.1, 0.15) is 10.7 Å². The zero-order valence-corrected chi connectivity index (χ0v) is 16.8. The van der Waals surface area contributed by atoms with Crippen LogP contribution in [0.4, 0.5) is 5.13 Å². The third-order valence-electron chi connectivity index (χ3n) is 4.04. The van der Waals surface area contributed by atoms with Gasteiger partial charge in [0.25, 0.3) is 11.5 Å². The molecule has 9 heteroatoms.